The molecule has 0 saturated carbocycles. The molecule has 0 spiro atoms. The second-order valence-corrected chi connectivity index (χ2v) is 4.72. The minimum atomic E-state index is -1.09. The predicted octanol–water partition coefficient (Wildman–Crippen LogP) is -2.13. The van der Waals surface area contributed by atoms with Crippen molar-refractivity contribution in [2.45, 2.75) is 52.4 Å². The quantitative estimate of drug-likeness (QED) is 0.253. The van der Waals surface area contributed by atoms with Crippen molar-refractivity contribution in [1.29, 1.82) is 0 Å². The number of ether oxygens (including phenoxy) is 1. The molecule has 1 N–H and O–H groups in total. The molecule has 5 nitrogen and oxygen atoms in total. The van der Waals surface area contributed by atoms with Crippen LogP contribution in [0.3, 0.4) is 0 Å². The summed E-state index contributed by atoms with van der Waals surface area (Å²) in [7, 11) is 0. The second kappa shape index (κ2) is 15.3. The van der Waals surface area contributed by atoms with Crippen LogP contribution in [0.5, 0.6) is 0 Å². The Balaban J connectivity index is 0. The van der Waals surface area contributed by atoms with Crippen molar-refractivity contribution in [2.75, 3.05) is 19.7 Å². The Morgan fingerprint density at radius 2 is 1.85 bits per heavy atom. The summed E-state index contributed by atoms with van der Waals surface area (Å²) in [6, 6.07) is 0. The number of carbonyl (C=O) groups excluding carboxylic acids is 2. The summed E-state index contributed by atoms with van der Waals surface area (Å²) in [6.07, 6.45) is 4.69. The third-order valence-corrected chi connectivity index (χ3v) is 3.04. The Hall–Kier alpha value is -0.100. The van der Waals surface area contributed by atoms with Gasteiger partial charge >= 0.3 is 35.5 Å². The molecular formula is C14H26NNaO4. The molecule has 0 aromatic heterocycles. The van der Waals surface area contributed by atoms with Gasteiger partial charge in [-0.1, -0.05) is 33.1 Å². The summed E-state index contributed by atoms with van der Waals surface area (Å²) in [5, 5.41) is 13.0. The molecule has 0 aromatic rings. The van der Waals surface area contributed by atoms with Gasteiger partial charge in [0.25, 0.3) is 0 Å². The van der Waals surface area contributed by atoms with Crippen molar-refractivity contribution in [3.63, 3.8) is 0 Å². The molecular weight excluding hydrogens is 269 g/mol. The number of rotatable bonds is 12. The van der Waals surface area contributed by atoms with Gasteiger partial charge in [-0.15, -0.1) is 0 Å². The fourth-order valence-corrected chi connectivity index (χ4v) is 1.69. The van der Waals surface area contributed by atoms with Crippen LogP contribution >= 0.6 is 0 Å². The minimum Gasteiger partial charge on any atom is -0.550 e. The molecule has 0 radical (unpaired) electrons. The average molecular weight is 295 g/mol. The van der Waals surface area contributed by atoms with Crippen molar-refractivity contribution in [1.82, 2.24) is 5.32 Å². The maximum Gasteiger partial charge on any atom is 1.00 e. The van der Waals surface area contributed by atoms with E-state index in [9.17, 15) is 14.7 Å². The number of esters is 1. The molecule has 1 unspecified atom stereocenters. The van der Waals surface area contributed by atoms with Gasteiger partial charge < -0.3 is 20.0 Å². The van der Waals surface area contributed by atoms with Crippen LogP contribution in [0.2, 0.25) is 0 Å². The van der Waals surface area contributed by atoms with Gasteiger partial charge in [-0.2, -0.15) is 0 Å². The molecule has 0 aliphatic carbocycles. The van der Waals surface area contributed by atoms with E-state index < -0.39 is 5.97 Å². The molecule has 6 heteroatoms. The number of carbonyl (C=O) groups is 2. The molecule has 1 atom stereocenters. The second-order valence-electron chi connectivity index (χ2n) is 4.72. The van der Waals surface area contributed by atoms with Crippen molar-refractivity contribution in [3.8, 4) is 0 Å². The van der Waals surface area contributed by atoms with Gasteiger partial charge in [0, 0.05) is 19.1 Å². The van der Waals surface area contributed by atoms with Crippen LogP contribution in [0.4, 0.5) is 0 Å². The zero-order valence-corrected chi connectivity index (χ0v) is 15.1. The summed E-state index contributed by atoms with van der Waals surface area (Å²) in [5.41, 5.74) is 0. The van der Waals surface area contributed by atoms with Crippen LogP contribution in [-0.4, -0.2) is 31.6 Å². The van der Waals surface area contributed by atoms with Gasteiger partial charge in [0.05, 0.1) is 13.0 Å². The van der Waals surface area contributed by atoms with Crippen molar-refractivity contribution < 1.29 is 49.0 Å². The number of carboxylic acid groups (broad SMARTS) is 1. The van der Waals surface area contributed by atoms with Gasteiger partial charge in [0.2, 0.25) is 0 Å². The Morgan fingerprint density at radius 1 is 1.20 bits per heavy atom. The summed E-state index contributed by atoms with van der Waals surface area (Å²) < 4.78 is 5.21. The third-order valence-electron chi connectivity index (χ3n) is 3.04. The Bertz CT molecular complexity index is 262. The van der Waals surface area contributed by atoms with Crippen LogP contribution < -0.4 is 40.0 Å². The fraction of sp³-hybridized carbons (Fsp3) is 0.857. The fourth-order valence-electron chi connectivity index (χ4n) is 1.69. The smallest absolute Gasteiger partial charge is 0.550 e. The van der Waals surface area contributed by atoms with E-state index in [-0.39, 0.29) is 48.4 Å². The molecule has 0 fully saturated rings. The summed E-state index contributed by atoms with van der Waals surface area (Å²) in [5.74, 6) is -0.859. The largest absolute Gasteiger partial charge is 1.00 e. The van der Waals surface area contributed by atoms with E-state index in [1.165, 1.54) is 6.42 Å². The molecule has 112 valence electrons. The van der Waals surface area contributed by atoms with E-state index in [1.807, 2.05) is 0 Å². The van der Waals surface area contributed by atoms with Crippen LogP contribution in [0, 0.1) is 5.92 Å². The van der Waals surface area contributed by atoms with E-state index in [0.717, 1.165) is 19.3 Å². The van der Waals surface area contributed by atoms with Crippen molar-refractivity contribution in [2.24, 2.45) is 5.92 Å². The molecule has 0 rings (SSSR count). The van der Waals surface area contributed by atoms with Gasteiger partial charge in [-0.3, -0.25) is 4.79 Å². The normalized spacial score (nSPS) is 11.5. The van der Waals surface area contributed by atoms with E-state index in [1.54, 1.807) is 0 Å². The number of carboxylic acids is 1. The SMILES string of the molecule is CCCCC(CC)COC(=O)CCNCCC(=O)[O-].[Na+]. The number of hydrogen-bond donors (Lipinski definition) is 1. The van der Waals surface area contributed by atoms with E-state index in [4.69, 9.17) is 4.74 Å². The molecule has 0 aliphatic rings. The molecule has 0 aliphatic heterocycles. The Kier molecular flexibility index (Phi) is 17.0. The van der Waals surface area contributed by atoms with Gasteiger partial charge in [-0.05, 0) is 18.8 Å². The Labute approximate surface area is 144 Å². The van der Waals surface area contributed by atoms with Crippen LogP contribution in [0.25, 0.3) is 0 Å². The van der Waals surface area contributed by atoms with Crippen LogP contribution in [0.15, 0.2) is 0 Å². The maximum absolute atomic E-state index is 11.4. The van der Waals surface area contributed by atoms with Crippen molar-refractivity contribution in [3.05, 3.63) is 0 Å². The van der Waals surface area contributed by atoms with Gasteiger partial charge in [-0.25, -0.2) is 0 Å². The molecule has 0 aromatic carbocycles. The van der Waals surface area contributed by atoms with E-state index in [0.29, 0.717) is 25.6 Å². The first kappa shape index (κ1) is 22.2. The Morgan fingerprint density at radius 3 is 2.40 bits per heavy atom. The summed E-state index contributed by atoms with van der Waals surface area (Å²) >= 11 is 0. The van der Waals surface area contributed by atoms with Gasteiger partial charge in [0.15, 0.2) is 0 Å². The molecule has 0 amide bonds. The number of hydrogen-bond acceptors (Lipinski definition) is 5. The molecule has 0 heterocycles. The minimum absolute atomic E-state index is 0. The van der Waals surface area contributed by atoms with Crippen LogP contribution in [0.1, 0.15) is 52.4 Å². The molecule has 0 bridgehead atoms. The molecule has 20 heavy (non-hydrogen) atoms. The zero-order chi connectivity index (χ0) is 14.5. The molecule has 0 saturated heterocycles. The zero-order valence-electron chi connectivity index (χ0n) is 13.1. The summed E-state index contributed by atoms with van der Waals surface area (Å²) in [6.45, 7) is 5.52. The monoisotopic (exact) mass is 295 g/mol. The first-order chi connectivity index (χ1) is 9.10. The first-order valence-corrected chi connectivity index (χ1v) is 7.16. The van der Waals surface area contributed by atoms with Crippen molar-refractivity contribution >= 4 is 11.9 Å². The summed E-state index contributed by atoms with van der Waals surface area (Å²) in [4.78, 5) is 21.6. The number of unbranched alkanes of at least 4 members (excludes halogenated alkanes) is 1. The van der Waals surface area contributed by atoms with Gasteiger partial charge in [0.1, 0.15) is 0 Å². The first-order valence-electron chi connectivity index (χ1n) is 7.16. The average Bonchev–Trinajstić information content (AvgIpc) is 2.38. The third kappa shape index (κ3) is 14.3. The predicted molar refractivity (Wildman–Crippen MR) is 71.4 cm³/mol. The maximum atomic E-state index is 11.4. The number of aliphatic carboxylic acids is 1. The van der Waals surface area contributed by atoms with E-state index >= 15 is 0 Å². The van der Waals surface area contributed by atoms with E-state index in [2.05, 4.69) is 19.2 Å². The number of nitrogens with one attached hydrogen (secondary N) is 1. The van der Waals surface area contributed by atoms with Crippen LogP contribution in [-0.2, 0) is 14.3 Å². The topological polar surface area (TPSA) is 78.5 Å². The standard InChI is InChI=1S/C14H27NO4.Na/c1-3-5-6-12(4-2)11-19-14(18)8-10-15-9-7-13(16)17;/h12,15H,3-11H2,1-2H3,(H,16,17);/q;+1/p-1.